The van der Waals surface area contributed by atoms with Gasteiger partial charge in [0.2, 0.25) is 0 Å². The third-order valence-corrected chi connectivity index (χ3v) is 4.01. The molecule has 0 aliphatic rings. The Labute approximate surface area is 148 Å². The van der Waals surface area contributed by atoms with Gasteiger partial charge in [-0.3, -0.25) is 0 Å². The average molecular weight is 290 g/mol. The first kappa shape index (κ1) is 20.8. The summed E-state index contributed by atoms with van der Waals surface area (Å²) in [5.74, 6) is 0. The quantitative estimate of drug-likeness (QED) is 0.319. The van der Waals surface area contributed by atoms with Crippen molar-refractivity contribution in [2.75, 3.05) is 6.61 Å². The van der Waals surface area contributed by atoms with Crippen LogP contribution >= 0.6 is 0 Å². The van der Waals surface area contributed by atoms with Crippen LogP contribution in [0.1, 0.15) is 58.3 Å². The first-order valence-corrected chi connectivity index (χ1v) is 7.55. The van der Waals surface area contributed by atoms with E-state index in [1.807, 2.05) is 6.92 Å². The van der Waals surface area contributed by atoms with Gasteiger partial charge in [-0.2, -0.15) is 0 Å². The summed E-state index contributed by atoms with van der Waals surface area (Å²) in [6.45, 7) is 2.17. The fraction of sp³-hybridized carbons (Fsp3) is 1.00. The molecule has 1 N–H and O–H groups in total. The fourth-order valence-corrected chi connectivity index (χ4v) is 2.63. The van der Waals surface area contributed by atoms with Crippen molar-refractivity contribution in [2.45, 2.75) is 63.5 Å². The third-order valence-electron chi connectivity index (χ3n) is 2.72. The topological polar surface area (TPSA) is 77.4 Å². The van der Waals surface area contributed by atoms with Crippen LogP contribution < -0.4 is 51.4 Å². The van der Waals surface area contributed by atoms with Gasteiger partial charge in [0.15, 0.2) is 0 Å². The van der Waals surface area contributed by atoms with Crippen molar-refractivity contribution >= 4 is 10.1 Å². The monoisotopic (exact) mass is 290 g/mol. The molecule has 98 valence electrons. The van der Waals surface area contributed by atoms with E-state index in [1.165, 1.54) is 0 Å². The molecule has 0 saturated heterocycles. The Morgan fingerprint density at radius 2 is 1.59 bits per heavy atom. The molecule has 6 heteroatoms. The summed E-state index contributed by atoms with van der Waals surface area (Å²) < 4.78 is 33.0. The van der Waals surface area contributed by atoms with Gasteiger partial charge in [-0.15, -0.1) is 0 Å². The number of aliphatic hydroxyl groups is 1. The van der Waals surface area contributed by atoms with Crippen LogP contribution in [0.4, 0.5) is 0 Å². The van der Waals surface area contributed by atoms with Crippen molar-refractivity contribution in [3.05, 3.63) is 0 Å². The van der Waals surface area contributed by atoms with Gasteiger partial charge in [-0.05, 0) is 19.3 Å². The van der Waals surface area contributed by atoms with Crippen LogP contribution in [0.3, 0.4) is 0 Å². The minimum atomic E-state index is -4.15. The standard InChI is InChI=1S/C11H24O4S.K/c1-2-3-5-8-11(16(13,14)15)9-6-4-7-10-12;/h11-12H,2-10H2,1H3,(H,13,14,15);/q;+1/p-1. The zero-order chi connectivity index (χ0) is 12.4. The van der Waals surface area contributed by atoms with Crippen LogP contribution in [0, 0.1) is 0 Å². The van der Waals surface area contributed by atoms with Gasteiger partial charge in [0.1, 0.15) is 0 Å². The second-order valence-electron chi connectivity index (χ2n) is 4.18. The largest absolute Gasteiger partial charge is 1.00 e. The van der Waals surface area contributed by atoms with Gasteiger partial charge in [0, 0.05) is 11.9 Å². The molecule has 0 spiro atoms. The van der Waals surface area contributed by atoms with Gasteiger partial charge in [-0.25, -0.2) is 8.42 Å². The molecule has 17 heavy (non-hydrogen) atoms. The molecule has 0 aliphatic carbocycles. The molecule has 4 nitrogen and oxygen atoms in total. The van der Waals surface area contributed by atoms with Crippen LogP contribution in [0.5, 0.6) is 0 Å². The molecule has 1 unspecified atom stereocenters. The molecule has 0 fully saturated rings. The minimum absolute atomic E-state index is 0. The molecule has 0 rings (SSSR count). The van der Waals surface area contributed by atoms with Gasteiger partial charge >= 0.3 is 51.4 Å². The maximum Gasteiger partial charge on any atom is 1.00 e. The van der Waals surface area contributed by atoms with Crippen LogP contribution in [-0.2, 0) is 10.1 Å². The van der Waals surface area contributed by atoms with E-state index in [2.05, 4.69) is 0 Å². The van der Waals surface area contributed by atoms with E-state index in [-0.39, 0.29) is 58.0 Å². The molecule has 0 amide bonds. The van der Waals surface area contributed by atoms with Gasteiger partial charge in [0.05, 0.1) is 10.1 Å². The Morgan fingerprint density at radius 3 is 2.00 bits per heavy atom. The van der Waals surface area contributed by atoms with E-state index >= 15 is 0 Å². The minimum Gasteiger partial charge on any atom is -0.748 e. The summed E-state index contributed by atoms with van der Waals surface area (Å²) in [4.78, 5) is 0. The molecule has 0 aliphatic heterocycles. The Hall–Kier alpha value is 1.51. The summed E-state index contributed by atoms with van der Waals surface area (Å²) in [6, 6.07) is 0. The summed E-state index contributed by atoms with van der Waals surface area (Å²) >= 11 is 0. The van der Waals surface area contributed by atoms with Crippen molar-refractivity contribution in [2.24, 2.45) is 0 Å². The number of rotatable bonds is 10. The van der Waals surface area contributed by atoms with Crippen LogP contribution in [-0.4, -0.2) is 29.9 Å². The normalized spacial score (nSPS) is 13.1. The van der Waals surface area contributed by atoms with Crippen LogP contribution in [0.2, 0.25) is 0 Å². The molecule has 0 aromatic rings. The van der Waals surface area contributed by atoms with E-state index in [1.54, 1.807) is 0 Å². The first-order chi connectivity index (χ1) is 7.52. The van der Waals surface area contributed by atoms with E-state index in [0.717, 1.165) is 25.7 Å². The maximum atomic E-state index is 11.0. The molecule has 1 atom stereocenters. The summed E-state index contributed by atoms with van der Waals surface area (Å²) in [5, 5.41) is 7.86. The summed E-state index contributed by atoms with van der Waals surface area (Å²) in [5.41, 5.74) is 0. The smallest absolute Gasteiger partial charge is 0.748 e. The Kier molecular flexibility index (Phi) is 15.3. The molecule has 0 radical (unpaired) electrons. The van der Waals surface area contributed by atoms with Gasteiger partial charge < -0.3 is 9.66 Å². The molecule has 0 saturated carbocycles. The predicted molar refractivity (Wildman–Crippen MR) is 63.2 cm³/mol. The van der Waals surface area contributed by atoms with Gasteiger partial charge in [-0.1, -0.05) is 39.0 Å². The molecule has 0 aromatic carbocycles. The van der Waals surface area contributed by atoms with Crippen molar-refractivity contribution < 1.29 is 69.5 Å². The predicted octanol–water partition coefficient (Wildman–Crippen LogP) is -0.963. The van der Waals surface area contributed by atoms with Crippen LogP contribution in [0.15, 0.2) is 0 Å². The fourth-order valence-electron chi connectivity index (χ4n) is 1.72. The average Bonchev–Trinajstić information content (AvgIpc) is 2.20. The summed E-state index contributed by atoms with van der Waals surface area (Å²) in [7, 11) is -4.15. The number of aliphatic hydroxyl groups excluding tert-OH is 1. The molecule has 0 heterocycles. The van der Waals surface area contributed by atoms with Crippen molar-refractivity contribution in [3.63, 3.8) is 0 Å². The maximum absolute atomic E-state index is 11.0. The van der Waals surface area contributed by atoms with Gasteiger partial charge in [0.25, 0.3) is 0 Å². The second kappa shape index (κ2) is 12.5. The van der Waals surface area contributed by atoms with Crippen LogP contribution in [0.25, 0.3) is 0 Å². The van der Waals surface area contributed by atoms with E-state index in [4.69, 9.17) is 5.11 Å². The van der Waals surface area contributed by atoms with Crippen molar-refractivity contribution in [1.29, 1.82) is 0 Å². The van der Waals surface area contributed by atoms with Crippen molar-refractivity contribution in [3.8, 4) is 0 Å². The number of unbranched alkanes of at least 4 members (excludes halogenated alkanes) is 4. The SMILES string of the molecule is CCCCCC(CCCCCO)S(=O)(=O)[O-].[K+]. The Balaban J connectivity index is 0. The Bertz CT molecular complexity index is 254. The molecular weight excluding hydrogens is 267 g/mol. The first-order valence-electron chi connectivity index (χ1n) is 6.08. The van der Waals surface area contributed by atoms with E-state index in [9.17, 15) is 13.0 Å². The van der Waals surface area contributed by atoms with E-state index < -0.39 is 15.4 Å². The van der Waals surface area contributed by atoms with Crippen molar-refractivity contribution in [1.82, 2.24) is 0 Å². The second-order valence-corrected chi connectivity index (χ2v) is 5.84. The Morgan fingerprint density at radius 1 is 1.06 bits per heavy atom. The third kappa shape index (κ3) is 12.3. The number of hydrogen-bond acceptors (Lipinski definition) is 4. The molecule has 0 aromatic heterocycles. The summed E-state index contributed by atoms with van der Waals surface area (Å²) in [6.07, 6.45) is 5.91. The van der Waals surface area contributed by atoms with E-state index in [0.29, 0.717) is 25.7 Å². The molecule has 0 bridgehead atoms. The zero-order valence-corrected chi connectivity index (χ0v) is 15.0. The molecular formula is C11H23KO4S. The zero-order valence-electron chi connectivity index (χ0n) is 11.0. The number of hydrogen-bond donors (Lipinski definition) is 1.